The van der Waals surface area contributed by atoms with Gasteiger partial charge in [-0.25, -0.2) is 0 Å². The van der Waals surface area contributed by atoms with Gasteiger partial charge in [0, 0.05) is 12.5 Å². The van der Waals surface area contributed by atoms with E-state index in [0.717, 1.165) is 11.7 Å². The summed E-state index contributed by atoms with van der Waals surface area (Å²) >= 11 is 0. The molecular formula is C12H9NO3. The molecular weight excluding hydrogens is 206 g/mol. The zero-order valence-electron chi connectivity index (χ0n) is 8.42. The first kappa shape index (κ1) is 10.3. The van der Waals surface area contributed by atoms with E-state index >= 15 is 0 Å². The van der Waals surface area contributed by atoms with E-state index in [1.54, 1.807) is 30.3 Å². The molecule has 2 aromatic rings. The van der Waals surface area contributed by atoms with Crippen LogP contribution < -0.4 is 0 Å². The molecule has 0 N–H and O–H groups in total. The van der Waals surface area contributed by atoms with Crippen LogP contribution in [0.3, 0.4) is 0 Å². The van der Waals surface area contributed by atoms with Crippen molar-refractivity contribution in [2.75, 3.05) is 0 Å². The number of carbonyl (C=O) groups excluding carboxylic acids is 1. The van der Waals surface area contributed by atoms with Crippen LogP contribution in [0.5, 0.6) is 0 Å². The van der Waals surface area contributed by atoms with Crippen molar-refractivity contribution in [2.24, 2.45) is 0 Å². The summed E-state index contributed by atoms with van der Waals surface area (Å²) in [5.41, 5.74) is 0.745. The monoisotopic (exact) mass is 215 g/mol. The number of benzene rings is 2. The van der Waals surface area contributed by atoms with Gasteiger partial charge in [-0.05, 0) is 10.9 Å². The van der Waals surface area contributed by atoms with Crippen LogP contribution in [0.2, 0.25) is 0 Å². The third-order valence-corrected chi connectivity index (χ3v) is 2.47. The van der Waals surface area contributed by atoms with Crippen molar-refractivity contribution in [3.05, 3.63) is 52.1 Å². The standard InChI is InChI=1S/C12H9NO3/c14-8-7-10-4-1-3-9-5-2-6-11(12(9)10)13(15)16/h1-6,8H,7H2. The number of nitro benzene ring substituents is 1. The van der Waals surface area contributed by atoms with Gasteiger partial charge in [0.05, 0.1) is 10.3 Å². The predicted octanol–water partition coefficient (Wildman–Crippen LogP) is 2.49. The number of non-ortho nitro benzene ring substituents is 1. The molecule has 4 heteroatoms. The van der Waals surface area contributed by atoms with Crippen LogP contribution in [0, 0.1) is 10.1 Å². The summed E-state index contributed by atoms with van der Waals surface area (Å²) in [6, 6.07) is 10.2. The van der Waals surface area contributed by atoms with E-state index in [1.165, 1.54) is 6.07 Å². The molecule has 4 nitrogen and oxygen atoms in total. The molecule has 0 unspecified atom stereocenters. The molecule has 0 amide bonds. The number of aldehydes is 1. The second-order valence-corrected chi connectivity index (χ2v) is 3.42. The summed E-state index contributed by atoms with van der Waals surface area (Å²) in [6.45, 7) is 0. The average Bonchev–Trinajstić information content (AvgIpc) is 2.29. The maximum absolute atomic E-state index is 10.9. The molecule has 0 radical (unpaired) electrons. The van der Waals surface area contributed by atoms with Gasteiger partial charge in [0.1, 0.15) is 6.29 Å². The first-order valence-electron chi connectivity index (χ1n) is 4.82. The number of hydrogen-bond donors (Lipinski definition) is 0. The molecule has 0 aliphatic heterocycles. The first-order chi connectivity index (χ1) is 7.74. The fourth-order valence-corrected chi connectivity index (χ4v) is 1.81. The summed E-state index contributed by atoms with van der Waals surface area (Å²) in [6.07, 6.45) is 0.952. The van der Waals surface area contributed by atoms with E-state index in [9.17, 15) is 14.9 Å². The summed E-state index contributed by atoms with van der Waals surface area (Å²) in [7, 11) is 0. The smallest absolute Gasteiger partial charge is 0.277 e. The van der Waals surface area contributed by atoms with Gasteiger partial charge in [-0.2, -0.15) is 0 Å². The molecule has 2 rings (SSSR count). The molecule has 0 bridgehead atoms. The van der Waals surface area contributed by atoms with Gasteiger partial charge in [-0.3, -0.25) is 10.1 Å². The Hall–Kier alpha value is -2.23. The Morgan fingerprint density at radius 1 is 1.19 bits per heavy atom. The van der Waals surface area contributed by atoms with E-state index in [2.05, 4.69) is 0 Å². The van der Waals surface area contributed by atoms with Crippen LogP contribution in [0.1, 0.15) is 5.56 Å². The van der Waals surface area contributed by atoms with Gasteiger partial charge in [0.25, 0.3) is 5.69 Å². The minimum Gasteiger partial charge on any atom is -0.303 e. The Kier molecular flexibility index (Phi) is 2.64. The molecule has 0 spiro atoms. The Morgan fingerprint density at radius 3 is 2.50 bits per heavy atom. The summed E-state index contributed by atoms with van der Waals surface area (Å²) < 4.78 is 0. The summed E-state index contributed by atoms with van der Waals surface area (Å²) in [5.74, 6) is 0. The van der Waals surface area contributed by atoms with Crippen LogP contribution in [-0.4, -0.2) is 11.2 Å². The van der Waals surface area contributed by atoms with Crippen molar-refractivity contribution in [3.63, 3.8) is 0 Å². The van der Waals surface area contributed by atoms with E-state index in [0.29, 0.717) is 10.9 Å². The average molecular weight is 215 g/mol. The van der Waals surface area contributed by atoms with E-state index in [-0.39, 0.29) is 12.1 Å². The van der Waals surface area contributed by atoms with Gasteiger partial charge in [0.2, 0.25) is 0 Å². The van der Waals surface area contributed by atoms with Crippen LogP contribution in [-0.2, 0) is 11.2 Å². The zero-order valence-corrected chi connectivity index (χ0v) is 8.42. The maximum atomic E-state index is 10.9. The molecule has 80 valence electrons. The summed E-state index contributed by atoms with van der Waals surface area (Å²) in [5, 5.41) is 12.2. The highest BCUT2D eigenvalue weighted by atomic mass is 16.6. The lowest BCUT2D eigenvalue weighted by molar-refractivity contribution is -0.383. The molecule has 0 aliphatic carbocycles. The topological polar surface area (TPSA) is 60.2 Å². The van der Waals surface area contributed by atoms with Crippen molar-refractivity contribution in [2.45, 2.75) is 6.42 Å². The Bertz CT molecular complexity index is 558. The van der Waals surface area contributed by atoms with Crippen LogP contribution in [0.25, 0.3) is 10.8 Å². The van der Waals surface area contributed by atoms with Crippen LogP contribution in [0.15, 0.2) is 36.4 Å². The molecule has 0 heterocycles. The van der Waals surface area contributed by atoms with Crippen molar-refractivity contribution < 1.29 is 9.72 Å². The van der Waals surface area contributed by atoms with E-state index in [4.69, 9.17) is 0 Å². The third-order valence-electron chi connectivity index (χ3n) is 2.47. The van der Waals surface area contributed by atoms with Crippen molar-refractivity contribution >= 4 is 22.7 Å². The third kappa shape index (κ3) is 1.65. The predicted molar refractivity (Wildman–Crippen MR) is 60.4 cm³/mol. The van der Waals surface area contributed by atoms with E-state index in [1.807, 2.05) is 0 Å². The highest BCUT2D eigenvalue weighted by molar-refractivity contribution is 5.94. The second-order valence-electron chi connectivity index (χ2n) is 3.42. The van der Waals surface area contributed by atoms with Crippen LogP contribution in [0.4, 0.5) is 5.69 Å². The lowest BCUT2D eigenvalue weighted by Crippen LogP contribution is -1.94. The number of rotatable bonds is 3. The molecule has 2 aromatic carbocycles. The number of nitrogens with zero attached hydrogens (tertiary/aromatic N) is 1. The van der Waals surface area contributed by atoms with E-state index < -0.39 is 4.92 Å². The fourth-order valence-electron chi connectivity index (χ4n) is 1.81. The number of hydrogen-bond acceptors (Lipinski definition) is 3. The molecule has 16 heavy (non-hydrogen) atoms. The van der Waals surface area contributed by atoms with Crippen molar-refractivity contribution in [3.8, 4) is 0 Å². The SMILES string of the molecule is O=CCc1cccc2cccc([N+](=O)[O-])c12. The fraction of sp³-hybridized carbons (Fsp3) is 0.0833. The van der Waals surface area contributed by atoms with Gasteiger partial charge >= 0.3 is 0 Å². The lowest BCUT2D eigenvalue weighted by atomic mass is 10.0. The van der Waals surface area contributed by atoms with Crippen molar-refractivity contribution in [1.82, 2.24) is 0 Å². The Balaban J connectivity index is 2.81. The van der Waals surface area contributed by atoms with Gasteiger partial charge in [-0.15, -0.1) is 0 Å². The number of carbonyl (C=O) groups is 1. The number of fused-ring (bicyclic) bond motifs is 1. The number of nitro groups is 1. The summed E-state index contributed by atoms with van der Waals surface area (Å²) in [4.78, 5) is 21.0. The molecule has 0 fully saturated rings. The van der Waals surface area contributed by atoms with Gasteiger partial charge < -0.3 is 4.79 Å². The van der Waals surface area contributed by atoms with Gasteiger partial charge in [-0.1, -0.05) is 30.3 Å². The zero-order chi connectivity index (χ0) is 11.5. The molecule has 0 aliphatic rings. The lowest BCUT2D eigenvalue weighted by Gasteiger charge is -2.03. The van der Waals surface area contributed by atoms with Crippen LogP contribution >= 0.6 is 0 Å². The van der Waals surface area contributed by atoms with Gasteiger partial charge in [0.15, 0.2) is 0 Å². The minimum absolute atomic E-state index is 0.0509. The molecule has 0 atom stereocenters. The normalized spacial score (nSPS) is 10.2. The first-order valence-corrected chi connectivity index (χ1v) is 4.82. The largest absolute Gasteiger partial charge is 0.303 e. The second kappa shape index (κ2) is 4.10. The molecule has 0 saturated heterocycles. The minimum atomic E-state index is -0.420. The van der Waals surface area contributed by atoms with Crippen molar-refractivity contribution in [1.29, 1.82) is 0 Å². The quantitative estimate of drug-likeness (QED) is 0.449. The maximum Gasteiger partial charge on any atom is 0.277 e. The highest BCUT2D eigenvalue weighted by Crippen LogP contribution is 2.28. The Labute approximate surface area is 91.7 Å². The molecule has 0 aromatic heterocycles. The Morgan fingerprint density at radius 2 is 1.88 bits per heavy atom. The highest BCUT2D eigenvalue weighted by Gasteiger charge is 2.13. The molecule has 0 saturated carbocycles.